The van der Waals surface area contributed by atoms with Crippen LogP contribution in [0.3, 0.4) is 0 Å². The molecule has 0 fully saturated rings. The summed E-state index contributed by atoms with van der Waals surface area (Å²) in [5.74, 6) is -7.55. The molecular formula is C21H10F2O7. The molecule has 5 rings (SSSR count). The van der Waals surface area contributed by atoms with E-state index in [2.05, 4.69) is 0 Å². The van der Waals surface area contributed by atoms with Gasteiger partial charge < -0.3 is 24.8 Å². The summed E-state index contributed by atoms with van der Waals surface area (Å²) in [5, 5.41) is 29.3. The number of carbonyl (C=O) groups is 2. The molecule has 0 bridgehead atoms. The number of rotatable bonds is 1. The summed E-state index contributed by atoms with van der Waals surface area (Å²) >= 11 is 0. The van der Waals surface area contributed by atoms with Crippen LogP contribution in [0.5, 0.6) is 23.0 Å². The zero-order valence-corrected chi connectivity index (χ0v) is 14.8. The van der Waals surface area contributed by atoms with Crippen LogP contribution in [0, 0.1) is 11.6 Å². The molecule has 0 saturated carbocycles. The van der Waals surface area contributed by atoms with Crippen molar-refractivity contribution in [2.75, 3.05) is 0 Å². The van der Waals surface area contributed by atoms with E-state index in [9.17, 15) is 33.7 Å². The van der Waals surface area contributed by atoms with E-state index in [1.165, 1.54) is 12.1 Å². The molecule has 0 radical (unpaired) electrons. The summed E-state index contributed by atoms with van der Waals surface area (Å²) in [4.78, 5) is 24.4. The van der Waals surface area contributed by atoms with Crippen LogP contribution in [-0.2, 0) is 10.3 Å². The van der Waals surface area contributed by atoms with Crippen molar-refractivity contribution in [2.24, 2.45) is 0 Å². The molecule has 0 aliphatic carbocycles. The van der Waals surface area contributed by atoms with Gasteiger partial charge >= 0.3 is 11.9 Å². The fourth-order valence-electron chi connectivity index (χ4n) is 3.96. The van der Waals surface area contributed by atoms with Crippen LogP contribution in [-0.4, -0.2) is 27.3 Å². The van der Waals surface area contributed by atoms with Crippen molar-refractivity contribution in [1.29, 1.82) is 0 Å². The highest BCUT2D eigenvalue weighted by Gasteiger charge is 2.55. The van der Waals surface area contributed by atoms with E-state index in [0.29, 0.717) is 0 Å². The summed E-state index contributed by atoms with van der Waals surface area (Å²) in [5.41, 5.74) is -2.87. The largest absolute Gasteiger partial charge is 0.505 e. The van der Waals surface area contributed by atoms with Gasteiger partial charge in [-0.3, -0.25) is 0 Å². The summed E-state index contributed by atoms with van der Waals surface area (Å²) in [6.45, 7) is 0. The summed E-state index contributed by atoms with van der Waals surface area (Å²) in [6.07, 6.45) is 0. The van der Waals surface area contributed by atoms with Crippen LogP contribution in [0.25, 0.3) is 0 Å². The number of benzene rings is 3. The minimum Gasteiger partial charge on any atom is -0.505 e. The highest BCUT2D eigenvalue weighted by atomic mass is 19.1. The monoisotopic (exact) mass is 412 g/mol. The quantitative estimate of drug-likeness (QED) is 0.523. The molecule has 2 aliphatic heterocycles. The average molecular weight is 412 g/mol. The lowest BCUT2D eigenvalue weighted by atomic mass is 9.77. The molecule has 3 aromatic carbocycles. The molecule has 1 unspecified atom stereocenters. The second-order valence-electron chi connectivity index (χ2n) is 6.78. The normalized spacial score (nSPS) is 18.3. The number of aromatic hydroxyl groups is 2. The third kappa shape index (κ3) is 2.06. The number of phenolic OH excluding ortho intramolecular Hbond substituents is 1. The van der Waals surface area contributed by atoms with Gasteiger partial charge in [0, 0.05) is 11.6 Å². The summed E-state index contributed by atoms with van der Waals surface area (Å²) in [6, 6.07) is 8.62. The predicted octanol–water partition coefficient (Wildman–Crippen LogP) is 3.64. The van der Waals surface area contributed by atoms with Gasteiger partial charge in [0.05, 0.1) is 16.7 Å². The van der Waals surface area contributed by atoms with Gasteiger partial charge in [-0.15, -0.1) is 0 Å². The maximum Gasteiger partial charge on any atom is 0.343 e. The fourth-order valence-corrected chi connectivity index (χ4v) is 3.96. The lowest BCUT2D eigenvalue weighted by Crippen LogP contribution is -2.34. The molecule has 0 amide bonds. The predicted molar refractivity (Wildman–Crippen MR) is 94.9 cm³/mol. The van der Waals surface area contributed by atoms with E-state index < -0.39 is 52.0 Å². The first-order valence-electron chi connectivity index (χ1n) is 8.58. The maximum absolute atomic E-state index is 14.5. The second kappa shape index (κ2) is 5.69. The average Bonchev–Trinajstić information content (AvgIpc) is 2.99. The minimum atomic E-state index is -1.95. The van der Waals surface area contributed by atoms with Crippen LogP contribution in [0.1, 0.15) is 37.4 Å². The van der Waals surface area contributed by atoms with Crippen LogP contribution >= 0.6 is 0 Å². The third-order valence-electron chi connectivity index (χ3n) is 5.21. The van der Waals surface area contributed by atoms with Gasteiger partial charge in [-0.05, 0) is 18.2 Å². The molecular weight excluding hydrogens is 402 g/mol. The molecule has 0 aromatic heterocycles. The topological polar surface area (TPSA) is 113 Å². The summed E-state index contributed by atoms with van der Waals surface area (Å²) in [7, 11) is 0. The van der Waals surface area contributed by atoms with Gasteiger partial charge in [0.15, 0.2) is 34.5 Å². The highest BCUT2D eigenvalue weighted by molar-refractivity contribution is 5.99. The minimum absolute atomic E-state index is 0.0787. The third-order valence-corrected chi connectivity index (χ3v) is 5.21. The molecule has 1 spiro atoms. The van der Waals surface area contributed by atoms with Crippen molar-refractivity contribution in [1.82, 2.24) is 0 Å². The van der Waals surface area contributed by atoms with Gasteiger partial charge in [0.25, 0.3) is 0 Å². The summed E-state index contributed by atoms with van der Waals surface area (Å²) < 4.78 is 40.0. The van der Waals surface area contributed by atoms with Crippen LogP contribution in [0.4, 0.5) is 8.78 Å². The zero-order valence-electron chi connectivity index (χ0n) is 14.8. The van der Waals surface area contributed by atoms with Gasteiger partial charge in [-0.1, -0.05) is 18.2 Å². The van der Waals surface area contributed by atoms with Crippen molar-refractivity contribution < 1.29 is 43.2 Å². The molecule has 1 atom stereocenters. The second-order valence-corrected chi connectivity index (χ2v) is 6.78. The van der Waals surface area contributed by atoms with Crippen molar-refractivity contribution in [3.8, 4) is 23.0 Å². The Bertz CT molecular complexity index is 1300. The fraction of sp³-hybridized carbons (Fsp3) is 0.0476. The van der Waals surface area contributed by atoms with Gasteiger partial charge in [-0.2, -0.15) is 0 Å². The Morgan fingerprint density at radius 1 is 0.967 bits per heavy atom. The Kier molecular flexibility index (Phi) is 3.40. The van der Waals surface area contributed by atoms with Crippen molar-refractivity contribution >= 4 is 11.9 Å². The Morgan fingerprint density at radius 2 is 1.67 bits per heavy atom. The number of esters is 1. The zero-order chi connectivity index (χ0) is 21.4. The number of carbonyl (C=O) groups excluding carboxylic acids is 1. The molecule has 0 saturated heterocycles. The molecule has 3 N–H and O–H groups in total. The molecule has 150 valence electrons. The number of hydrogen-bond donors (Lipinski definition) is 3. The van der Waals surface area contributed by atoms with Gasteiger partial charge in [-0.25, -0.2) is 18.4 Å². The Morgan fingerprint density at radius 3 is 2.40 bits per heavy atom. The van der Waals surface area contributed by atoms with E-state index in [0.717, 1.165) is 18.2 Å². The highest BCUT2D eigenvalue weighted by Crippen LogP contribution is 2.58. The number of hydrogen-bond acceptors (Lipinski definition) is 6. The number of phenols is 2. The number of aromatic carboxylic acids is 1. The molecule has 2 heterocycles. The molecule has 2 aliphatic rings. The van der Waals surface area contributed by atoms with E-state index in [1.54, 1.807) is 12.1 Å². The number of carboxylic acid groups (broad SMARTS) is 1. The van der Waals surface area contributed by atoms with Crippen LogP contribution < -0.4 is 4.74 Å². The standard InChI is InChI=1S/C21H10F2O7/c22-12-5-10-15(7-14(12)24)29-18-11(6-13(23)17(25)16(18)19(26)27)21(10)9-4-2-1-3-8(9)20(28)30-21/h1-7,24-25H,(H,26,27). The lowest BCUT2D eigenvalue weighted by molar-refractivity contribution is 0.0221. The first kappa shape index (κ1) is 17.9. The number of ether oxygens (including phenoxy) is 2. The van der Waals surface area contributed by atoms with Crippen molar-refractivity contribution in [3.05, 3.63) is 81.9 Å². The number of fused-ring (bicyclic) bond motifs is 6. The van der Waals surface area contributed by atoms with Crippen LogP contribution in [0.15, 0.2) is 42.5 Å². The van der Waals surface area contributed by atoms with Gasteiger partial charge in [0.2, 0.25) is 0 Å². The number of carboxylic acids is 1. The molecule has 3 aromatic rings. The van der Waals surface area contributed by atoms with E-state index in [1.807, 2.05) is 0 Å². The smallest absolute Gasteiger partial charge is 0.343 e. The van der Waals surface area contributed by atoms with Crippen LogP contribution in [0.2, 0.25) is 0 Å². The first-order chi connectivity index (χ1) is 14.3. The maximum atomic E-state index is 14.5. The van der Waals surface area contributed by atoms with E-state index in [-0.39, 0.29) is 28.0 Å². The van der Waals surface area contributed by atoms with Crippen molar-refractivity contribution in [3.63, 3.8) is 0 Å². The van der Waals surface area contributed by atoms with Gasteiger partial charge in [0.1, 0.15) is 11.3 Å². The lowest BCUT2D eigenvalue weighted by Gasteiger charge is -2.37. The SMILES string of the molecule is O=C1OC2(c3cc(F)c(O)cc3Oc3c2cc(F)c(O)c3C(=O)O)c2ccccc21. The Labute approximate surface area is 166 Å². The Hall–Kier alpha value is -4.14. The molecule has 9 heteroatoms. The molecule has 30 heavy (non-hydrogen) atoms. The van der Waals surface area contributed by atoms with Crippen molar-refractivity contribution in [2.45, 2.75) is 5.60 Å². The number of halogens is 2. The Balaban J connectivity index is 1.98. The van der Waals surface area contributed by atoms with E-state index in [4.69, 9.17) is 9.47 Å². The molecule has 7 nitrogen and oxygen atoms in total. The van der Waals surface area contributed by atoms with E-state index >= 15 is 0 Å². The first-order valence-corrected chi connectivity index (χ1v) is 8.58.